The highest BCUT2D eigenvalue weighted by atomic mass is 32.2. The number of sulfonamides is 1. The Kier molecular flexibility index (Phi) is 5.30. The molecule has 21 heavy (non-hydrogen) atoms. The van der Waals surface area contributed by atoms with Crippen LogP contribution in [0.2, 0.25) is 0 Å². The van der Waals surface area contributed by atoms with Crippen LogP contribution < -0.4 is 0 Å². The summed E-state index contributed by atoms with van der Waals surface area (Å²) in [7, 11) is -2.05. The van der Waals surface area contributed by atoms with E-state index in [0.29, 0.717) is 6.54 Å². The molecular formula is C14H20N2O4S. The zero-order valence-electron chi connectivity index (χ0n) is 12.1. The summed E-state index contributed by atoms with van der Waals surface area (Å²) in [5.74, 6) is -0.402. The average Bonchev–Trinajstić information content (AvgIpc) is 3.29. The second-order valence-electron chi connectivity index (χ2n) is 5.13. The summed E-state index contributed by atoms with van der Waals surface area (Å²) < 4.78 is 31.0. The van der Waals surface area contributed by atoms with Gasteiger partial charge in [0.2, 0.25) is 10.0 Å². The van der Waals surface area contributed by atoms with Gasteiger partial charge in [0, 0.05) is 31.4 Å². The number of hydrogen-bond donors (Lipinski definition) is 0. The molecule has 0 aliphatic heterocycles. The minimum Gasteiger partial charge on any atom is -0.469 e. The van der Waals surface area contributed by atoms with Crippen LogP contribution in [0.5, 0.6) is 0 Å². The molecule has 0 bridgehead atoms. The smallest absolute Gasteiger partial charge is 0.305 e. The third kappa shape index (κ3) is 4.78. The average molecular weight is 312 g/mol. The molecule has 1 saturated carbocycles. The molecule has 1 aliphatic rings. The molecule has 0 N–H and O–H groups in total. The lowest BCUT2D eigenvalue weighted by Crippen LogP contribution is -2.34. The Labute approximate surface area is 125 Å². The van der Waals surface area contributed by atoms with Crippen LogP contribution in [0.1, 0.15) is 31.2 Å². The normalized spacial score (nSPS) is 15.1. The monoisotopic (exact) mass is 312 g/mol. The van der Waals surface area contributed by atoms with Gasteiger partial charge in [-0.05, 0) is 37.0 Å². The van der Waals surface area contributed by atoms with E-state index in [1.165, 1.54) is 7.11 Å². The first-order chi connectivity index (χ1) is 10.0. The zero-order valence-corrected chi connectivity index (χ0v) is 12.9. The van der Waals surface area contributed by atoms with Gasteiger partial charge in [0.15, 0.2) is 0 Å². The van der Waals surface area contributed by atoms with Gasteiger partial charge in [-0.1, -0.05) is 0 Å². The molecule has 7 heteroatoms. The van der Waals surface area contributed by atoms with Gasteiger partial charge in [-0.3, -0.25) is 9.78 Å². The molecule has 0 atom stereocenters. The number of carbonyl (C=O) groups excluding carboxylic acids is 1. The van der Waals surface area contributed by atoms with E-state index in [1.807, 2.05) is 12.1 Å². The topological polar surface area (TPSA) is 76.6 Å². The Balaban J connectivity index is 1.98. The van der Waals surface area contributed by atoms with Gasteiger partial charge in [-0.25, -0.2) is 8.42 Å². The summed E-state index contributed by atoms with van der Waals surface area (Å²) in [6.45, 7) is 0.369. The van der Waals surface area contributed by atoms with Gasteiger partial charge in [0.1, 0.15) is 0 Å². The highest BCUT2D eigenvalue weighted by Crippen LogP contribution is 2.31. The predicted octanol–water partition coefficient (Wildman–Crippen LogP) is 1.33. The van der Waals surface area contributed by atoms with Crippen molar-refractivity contribution in [2.45, 2.75) is 38.3 Å². The number of rotatable bonds is 8. The van der Waals surface area contributed by atoms with Crippen LogP contribution >= 0.6 is 0 Å². The van der Waals surface area contributed by atoms with Gasteiger partial charge in [-0.15, -0.1) is 0 Å². The number of esters is 1. The third-order valence-corrected chi connectivity index (χ3v) is 5.36. The summed E-state index contributed by atoms with van der Waals surface area (Å²) in [6.07, 6.45) is 5.54. The van der Waals surface area contributed by atoms with Gasteiger partial charge < -0.3 is 4.74 Å². The van der Waals surface area contributed by atoms with E-state index in [4.69, 9.17) is 0 Å². The van der Waals surface area contributed by atoms with Gasteiger partial charge in [-0.2, -0.15) is 4.31 Å². The third-order valence-electron chi connectivity index (χ3n) is 3.41. The highest BCUT2D eigenvalue weighted by molar-refractivity contribution is 7.89. The van der Waals surface area contributed by atoms with Crippen molar-refractivity contribution in [3.8, 4) is 0 Å². The Hall–Kier alpha value is -1.47. The summed E-state index contributed by atoms with van der Waals surface area (Å²) in [5.41, 5.74) is 0.924. The maximum atomic E-state index is 12.4. The van der Waals surface area contributed by atoms with E-state index in [0.717, 1.165) is 18.4 Å². The molecule has 1 aliphatic carbocycles. The molecule has 6 nitrogen and oxygen atoms in total. The van der Waals surface area contributed by atoms with E-state index in [2.05, 4.69) is 9.72 Å². The van der Waals surface area contributed by atoms with Crippen LogP contribution in [0.25, 0.3) is 0 Å². The second kappa shape index (κ2) is 7.00. The van der Waals surface area contributed by atoms with Gasteiger partial charge in [0.25, 0.3) is 0 Å². The van der Waals surface area contributed by atoms with Crippen LogP contribution in [0.15, 0.2) is 24.5 Å². The quantitative estimate of drug-likeness (QED) is 0.677. The van der Waals surface area contributed by atoms with Crippen LogP contribution in [-0.2, 0) is 26.1 Å². The highest BCUT2D eigenvalue weighted by Gasteiger charge is 2.36. The molecule has 1 aromatic heterocycles. The number of ether oxygens (including phenoxy) is 1. The molecule has 0 amide bonds. The molecule has 0 spiro atoms. The number of carbonyl (C=O) groups is 1. The summed E-state index contributed by atoms with van der Waals surface area (Å²) in [6, 6.07) is 3.74. The predicted molar refractivity (Wildman–Crippen MR) is 77.8 cm³/mol. The Morgan fingerprint density at radius 3 is 2.62 bits per heavy atom. The zero-order chi connectivity index (χ0) is 15.3. The Bertz CT molecular complexity index is 570. The first-order valence-electron chi connectivity index (χ1n) is 6.98. The molecule has 2 rings (SSSR count). The SMILES string of the molecule is COC(=O)CCCS(=O)(=O)N(Cc1ccncc1)C1CC1. The molecule has 1 fully saturated rings. The van der Waals surface area contributed by atoms with Crippen molar-refractivity contribution in [3.05, 3.63) is 30.1 Å². The Morgan fingerprint density at radius 2 is 2.05 bits per heavy atom. The van der Waals surface area contributed by atoms with Gasteiger partial charge >= 0.3 is 5.97 Å². The van der Waals surface area contributed by atoms with E-state index < -0.39 is 10.0 Å². The lowest BCUT2D eigenvalue weighted by molar-refractivity contribution is -0.140. The Morgan fingerprint density at radius 1 is 1.38 bits per heavy atom. The van der Waals surface area contributed by atoms with Crippen molar-refractivity contribution < 1.29 is 17.9 Å². The fourth-order valence-electron chi connectivity index (χ4n) is 2.10. The first kappa shape index (κ1) is 15.9. The van der Waals surface area contributed by atoms with Crippen LogP contribution in [-0.4, -0.2) is 42.6 Å². The number of aromatic nitrogens is 1. The van der Waals surface area contributed by atoms with Crippen LogP contribution in [0.3, 0.4) is 0 Å². The largest absolute Gasteiger partial charge is 0.469 e. The standard InChI is InChI=1S/C14H20N2O4S/c1-20-14(17)3-2-10-21(18,19)16(13-4-5-13)11-12-6-8-15-9-7-12/h6-9,13H,2-5,10-11H2,1H3. The van der Waals surface area contributed by atoms with E-state index >= 15 is 0 Å². The van der Waals surface area contributed by atoms with Crippen molar-refractivity contribution in [2.24, 2.45) is 0 Å². The maximum absolute atomic E-state index is 12.4. The minimum absolute atomic E-state index is 0.0241. The number of nitrogens with zero attached hydrogens (tertiary/aromatic N) is 2. The van der Waals surface area contributed by atoms with E-state index in [9.17, 15) is 13.2 Å². The second-order valence-corrected chi connectivity index (χ2v) is 7.17. The lowest BCUT2D eigenvalue weighted by Gasteiger charge is -2.21. The van der Waals surface area contributed by atoms with E-state index in [1.54, 1.807) is 16.7 Å². The summed E-state index contributed by atoms with van der Waals surface area (Å²) in [5, 5.41) is 0. The fraction of sp³-hybridized carbons (Fsp3) is 0.571. The van der Waals surface area contributed by atoms with Crippen molar-refractivity contribution in [2.75, 3.05) is 12.9 Å². The molecule has 0 radical (unpaired) electrons. The van der Waals surface area contributed by atoms with Crippen molar-refractivity contribution in [1.29, 1.82) is 0 Å². The van der Waals surface area contributed by atoms with Crippen molar-refractivity contribution in [1.82, 2.24) is 9.29 Å². The molecule has 116 valence electrons. The molecule has 1 heterocycles. The fourth-order valence-corrected chi connectivity index (χ4v) is 3.86. The van der Waals surface area contributed by atoms with Crippen LogP contribution in [0.4, 0.5) is 0 Å². The molecule has 0 aromatic carbocycles. The van der Waals surface area contributed by atoms with Gasteiger partial charge in [0.05, 0.1) is 12.9 Å². The van der Waals surface area contributed by atoms with E-state index in [-0.39, 0.29) is 30.6 Å². The molecule has 1 aromatic rings. The maximum Gasteiger partial charge on any atom is 0.305 e. The molecular weight excluding hydrogens is 292 g/mol. The number of methoxy groups -OCH3 is 1. The lowest BCUT2D eigenvalue weighted by atomic mass is 10.3. The van der Waals surface area contributed by atoms with Crippen LogP contribution in [0, 0.1) is 0 Å². The van der Waals surface area contributed by atoms with Crippen molar-refractivity contribution in [3.63, 3.8) is 0 Å². The number of pyridine rings is 1. The number of hydrogen-bond acceptors (Lipinski definition) is 5. The van der Waals surface area contributed by atoms with Crippen molar-refractivity contribution >= 4 is 16.0 Å². The first-order valence-corrected chi connectivity index (χ1v) is 8.59. The summed E-state index contributed by atoms with van der Waals surface area (Å²) in [4.78, 5) is 15.0. The minimum atomic E-state index is -3.36. The summed E-state index contributed by atoms with van der Waals surface area (Å²) >= 11 is 0. The molecule has 0 saturated heterocycles. The molecule has 0 unspecified atom stereocenters.